The molecule has 0 aliphatic rings. The van der Waals surface area contributed by atoms with Gasteiger partial charge >= 0.3 is 0 Å². The Labute approximate surface area is 220 Å². The number of nitrogens with one attached hydrogen (secondary N) is 2. The van der Waals surface area contributed by atoms with E-state index < -0.39 is 23.0 Å². The van der Waals surface area contributed by atoms with E-state index in [1.165, 1.54) is 54.9 Å². The zero-order valence-electron chi connectivity index (χ0n) is 20.6. The summed E-state index contributed by atoms with van der Waals surface area (Å²) in [7, 11) is 1.58. The molecule has 0 aliphatic heterocycles. The van der Waals surface area contributed by atoms with Crippen LogP contribution in [0.5, 0.6) is 11.5 Å². The van der Waals surface area contributed by atoms with Crippen LogP contribution in [0.15, 0.2) is 71.8 Å². The number of Topliss-reactive ketones (excluding diaryl/α,β-unsaturated/α-hetero) is 1. The molecule has 5 aromatic rings. The number of aromatic nitrogens is 5. The average Bonchev–Trinajstić information content (AvgIpc) is 3.35. The van der Waals surface area contributed by atoms with Crippen LogP contribution in [-0.4, -0.2) is 51.0 Å². The molecule has 0 radical (unpaired) electrons. The fraction of sp³-hybridized carbons (Fsp3) is 0.148. The Morgan fingerprint density at radius 1 is 1.05 bits per heavy atom. The van der Waals surface area contributed by atoms with Crippen LogP contribution in [0, 0.1) is 11.6 Å². The number of ether oxygens (including phenoxy) is 2. The first-order valence-electron chi connectivity index (χ1n) is 11.8. The molecule has 0 fully saturated rings. The minimum absolute atomic E-state index is 0.0645. The third-order valence-electron chi connectivity index (χ3n) is 5.82. The highest BCUT2D eigenvalue weighted by Gasteiger charge is 2.18. The molecule has 0 saturated carbocycles. The molecule has 2 N–H and O–H groups in total. The predicted octanol–water partition coefficient (Wildman–Crippen LogP) is 4.06. The van der Waals surface area contributed by atoms with Crippen LogP contribution in [0.3, 0.4) is 0 Å². The van der Waals surface area contributed by atoms with E-state index in [0.29, 0.717) is 47.0 Å². The van der Waals surface area contributed by atoms with Crippen LogP contribution in [0.2, 0.25) is 0 Å². The number of nitrogens with zero attached hydrogens (tertiary/aromatic N) is 4. The molecule has 0 aliphatic carbocycles. The molecule has 0 bridgehead atoms. The number of ketones is 1. The summed E-state index contributed by atoms with van der Waals surface area (Å²) < 4.78 is 40.2. The summed E-state index contributed by atoms with van der Waals surface area (Å²) in [5, 5.41) is 14.6. The van der Waals surface area contributed by atoms with E-state index in [0.717, 1.165) is 4.68 Å². The van der Waals surface area contributed by atoms with Crippen LogP contribution in [0.25, 0.3) is 16.7 Å². The normalized spacial score (nSPS) is 11.1. The fourth-order valence-corrected chi connectivity index (χ4v) is 3.93. The highest BCUT2D eigenvalue weighted by molar-refractivity contribution is 5.97. The average molecular weight is 533 g/mol. The van der Waals surface area contributed by atoms with E-state index in [4.69, 9.17) is 9.47 Å². The Bertz CT molecular complexity index is 1700. The standard InChI is InChI=1S/C27H22F2N6O4/c1-38-13-12-31-26-24-23(9-10-30-25(24)33-34-26)39-22-7-2-16(14-20(22)29)15-21(36)19-8-11-32-35(27(19)37)18-5-3-17(28)4-6-18/h2-11,14H,12-13,15H2,1H3,(H2,30,31,33,34). The number of carbonyl (C=O) groups excluding carboxylic acids is 1. The number of pyridine rings is 1. The molecule has 39 heavy (non-hydrogen) atoms. The van der Waals surface area contributed by atoms with Crippen molar-refractivity contribution >= 4 is 22.6 Å². The smallest absolute Gasteiger partial charge is 0.282 e. The van der Waals surface area contributed by atoms with Crippen molar-refractivity contribution in [2.24, 2.45) is 0 Å². The Kier molecular flexibility index (Phi) is 7.37. The van der Waals surface area contributed by atoms with Crippen molar-refractivity contribution in [3.05, 3.63) is 100 Å². The van der Waals surface area contributed by atoms with Crippen LogP contribution >= 0.6 is 0 Å². The lowest BCUT2D eigenvalue weighted by molar-refractivity contribution is 0.0991. The molecule has 3 heterocycles. The van der Waals surface area contributed by atoms with Gasteiger partial charge in [-0.05, 0) is 48.0 Å². The van der Waals surface area contributed by atoms with Gasteiger partial charge in [0.1, 0.15) is 17.0 Å². The Morgan fingerprint density at radius 2 is 1.87 bits per heavy atom. The predicted molar refractivity (Wildman–Crippen MR) is 139 cm³/mol. The van der Waals surface area contributed by atoms with Crippen molar-refractivity contribution in [3.63, 3.8) is 0 Å². The second-order valence-corrected chi connectivity index (χ2v) is 8.43. The van der Waals surface area contributed by atoms with E-state index in [1.807, 2.05) is 0 Å². The van der Waals surface area contributed by atoms with E-state index >= 15 is 4.39 Å². The minimum atomic E-state index is -0.693. The van der Waals surface area contributed by atoms with Gasteiger partial charge < -0.3 is 14.8 Å². The first-order valence-corrected chi connectivity index (χ1v) is 11.8. The molecule has 0 unspecified atom stereocenters. The third-order valence-corrected chi connectivity index (χ3v) is 5.82. The molecule has 0 saturated heterocycles. The monoisotopic (exact) mass is 532 g/mol. The van der Waals surface area contributed by atoms with Gasteiger partial charge in [0.15, 0.2) is 28.8 Å². The Balaban J connectivity index is 1.35. The first kappa shape index (κ1) is 25.7. The van der Waals surface area contributed by atoms with Crippen molar-refractivity contribution in [1.29, 1.82) is 0 Å². The molecular formula is C27H22F2N6O4. The summed E-state index contributed by atoms with van der Waals surface area (Å²) in [6.45, 7) is 0.952. The Hall–Kier alpha value is -4.97. The number of H-pyrrole nitrogens is 1. The fourth-order valence-electron chi connectivity index (χ4n) is 3.93. The van der Waals surface area contributed by atoms with Gasteiger partial charge in [0.25, 0.3) is 5.56 Å². The van der Waals surface area contributed by atoms with E-state index in [-0.39, 0.29) is 17.7 Å². The number of rotatable bonds is 10. The van der Waals surface area contributed by atoms with E-state index in [9.17, 15) is 14.0 Å². The summed E-state index contributed by atoms with van der Waals surface area (Å²) >= 11 is 0. The lowest BCUT2D eigenvalue weighted by Gasteiger charge is -2.10. The lowest BCUT2D eigenvalue weighted by atomic mass is 10.0. The second kappa shape index (κ2) is 11.2. The van der Waals surface area contributed by atoms with Gasteiger partial charge in [-0.25, -0.2) is 13.8 Å². The topological polar surface area (TPSA) is 124 Å². The number of methoxy groups -OCH3 is 1. The highest BCUT2D eigenvalue weighted by Crippen LogP contribution is 2.34. The molecule has 5 rings (SSSR count). The summed E-state index contributed by atoms with van der Waals surface area (Å²) in [4.78, 5) is 30.0. The quantitative estimate of drug-likeness (QED) is 0.204. The molecule has 10 nitrogen and oxygen atoms in total. The Morgan fingerprint density at radius 3 is 2.64 bits per heavy atom. The van der Waals surface area contributed by atoms with Crippen molar-refractivity contribution < 1.29 is 23.0 Å². The number of carbonyl (C=O) groups is 1. The molecule has 0 atom stereocenters. The largest absolute Gasteiger partial charge is 0.453 e. The van der Waals surface area contributed by atoms with Gasteiger partial charge in [0, 0.05) is 38.5 Å². The van der Waals surface area contributed by atoms with E-state index in [2.05, 4.69) is 25.6 Å². The molecule has 0 spiro atoms. The maximum Gasteiger partial charge on any atom is 0.282 e. The maximum absolute atomic E-state index is 15.0. The number of anilines is 1. The number of aromatic amines is 1. The van der Waals surface area contributed by atoms with Crippen LogP contribution in [-0.2, 0) is 11.2 Å². The molecule has 3 aromatic heterocycles. The van der Waals surface area contributed by atoms with Crippen molar-refractivity contribution in [2.45, 2.75) is 6.42 Å². The van der Waals surface area contributed by atoms with Crippen molar-refractivity contribution in [2.75, 3.05) is 25.6 Å². The van der Waals surface area contributed by atoms with Gasteiger partial charge in [0.2, 0.25) is 0 Å². The van der Waals surface area contributed by atoms with Gasteiger partial charge in [-0.2, -0.15) is 14.9 Å². The zero-order valence-corrected chi connectivity index (χ0v) is 20.6. The zero-order chi connectivity index (χ0) is 27.4. The molecule has 198 valence electrons. The first-order chi connectivity index (χ1) is 18.9. The number of hydrogen-bond donors (Lipinski definition) is 2. The molecular weight excluding hydrogens is 510 g/mol. The minimum Gasteiger partial charge on any atom is -0.453 e. The number of fused-ring (bicyclic) bond motifs is 1. The van der Waals surface area contributed by atoms with Crippen LogP contribution < -0.4 is 15.6 Å². The summed E-state index contributed by atoms with van der Waals surface area (Å²) in [6, 6.07) is 12.2. The summed E-state index contributed by atoms with van der Waals surface area (Å²) in [5.74, 6) is -0.935. The molecule has 12 heteroatoms. The maximum atomic E-state index is 15.0. The second-order valence-electron chi connectivity index (χ2n) is 8.43. The molecule has 0 amide bonds. The van der Waals surface area contributed by atoms with Crippen LogP contribution in [0.1, 0.15) is 15.9 Å². The van der Waals surface area contributed by atoms with Crippen LogP contribution in [0.4, 0.5) is 14.6 Å². The summed E-state index contributed by atoms with van der Waals surface area (Å²) in [5.41, 5.74) is 0.329. The number of hydrogen-bond acceptors (Lipinski definition) is 8. The lowest BCUT2D eigenvalue weighted by Crippen LogP contribution is -2.27. The SMILES string of the molecule is COCCNc1n[nH]c2nccc(Oc3ccc(CC(=O)c4ccnn(-c5ccc(F)cc5)c4=O)cc3F)c12. The molecule has 2 aromatic carbocycles. The van der Waals surface area contributed by atoms with Crippen molar-refractivity contribution in [1.82, 2.24) is 25.0 Å². The summed E-state index contributed by atoms with van der Waals surface area (Å²) in [6.07, 6.45) is 2.58. The number of benzene rings is 2. The third kappa shape index (κ3) is 5.50. The van der Waals surface area contributed by atoms with Gasteiger partial charge in [-0.3, -0.25) is 14.7 Å². The van der Waals surface area contributed by atoms with Gasteiger partial charge in [-0.1, -0.05) is 6.07 Å². The van der Waals surface area contributed by atoms with Crippen molar-refractivity contribution in [3.8, 4) is 17.2 Å². The number of halogens is 2. The highest BCUT2D eigenvalue weighted by atomic mass is 19.1. The van der Waals surface area contributed by atoms with Gasteiger partial charge in [0.05, 0.1) is 17.9 Å². The van der Waals surface area contributed by atoms with E-state index in [1.54, 1.807) is 19.2 Å². The van der Waals surface area contributed by atoms with Gasteiger partial charge in [-0.15, -0.1) is 0 Å².